The number of hydrogen-bond donors (Lipinski definition) is 2. The second kappa shape index (κ2) is 11.6. The number of hydrogen-bond acceptors (Lipinski definition) is 7. The van der Waals surface area contributed by atoms with Crippen LogP contribution >= 0.6 is 62.2 Å². The summed E-state index contributed by atoms with van der Waals surface area (Å²) in [6.07, 6.45) is 0.772. The van der Waals surface area contributed by atoms with Crippen molar-refractivity contribution in [3.05, 3.63) is 101 Å². The summed E-state index contributed by atoms with van der Waals surface area (Å²) in [4.78, 5) is 58.6. The average Bonchev–Trinajstić information content (AvgIpc) is 3.77. The minimum atomic E-state index is -0.423. The van der Waals surface area contributed by atoms with E-state index in [1.165, 1.54) is 16.2 Å². The average molecular weight is 758 g/mol. The Labute approximate surface area is 289 Å². The predicted molar refractivity (Wildman–Crippen MR) is 182 cm³/mol. The molecule has 3 aromatic carbocycles. The molecule has 1 aromatic heterocycles. The van der Waals surface area contributed by atoms with Gasteiger partial charge in [-0.1, -0.05) is 68.7 Å². The number of rotatable bonds is 6. The Morgan fingerprint density at radius 2 is 1.72 bits per heavy atom. The molecule has 46 heavy (non-hydrogen) atoms. The first-order chi connectivity index (χ1) is 22.2. The van der Waals surface area contributed by atoms with Crippen LogP contribution in [0.2, 0.25) is 10.0 Å². The van der Waals surface area contributed by atoms with Crippen molar-refractivity contribution in [3.8, 4) is 5.75 Å². The minimum Gasteiger partial charge on any atom is -0.483 e. The molecule has 1 saturated heterocycles. The number of fused-ring (bicyclic) bond motifs is 9. The van der Waals surface area contributed by atoms with Crippen LogP contribution in [0.15, 0.2) is 81.0 Å². The van der Waals surface area contributed by atoms with Gasteiger partial charge in [-0.3, -0.25) is 24.1 Å². The molecule has 2 N–H and O–H groups in total. The number of carbonyl (C=O) groups excluding carboxylic acids is 3. The Bertz CT molecular complexity index is 1980. The Morgan fingerprint density at radius 3 is 2.48 bits per heavy atom. The van der Waals surface area contributed by atoms with E-state index in [4.69, 9.17) is 27.9 Å². The zero-order valence-electron chi connectivity index (χ0n) is 23.7. The second-order valence-corrected chi connectivity index (χ2v) is 15.9. The number of amides is 3. The SMILES string of the molecule is O=C(COc1ccccc1[C@H]1c2sc(=O)[nH]c2SC2C3CC(C4C(=O)N(c5ccc(Br)cc5)C(=O)C34)C21)Nc1ccc(Cl)c(Cl)c1. The lowest BCUT2D eigenvalue weighted by atomic mass is 9.68. The third-order valence-corrected chi connectivity index (χ3v) is 13.5. The summed E-state index contributed by atoms with van der Waals surface area (Å²) < 4.78 is 7.01. The number of H-pyrrole nitrogens is 1. The molecule has 4 aromatic rings. The number of aromatic nitrogens is 1. The molecule has 3 amide bonds. The van der Waals surface area contributed by atoms with E-state index in [2.05, 4.69) is 26.2 Å². The van der Waals surface area contributed by atoms with E-state index in [0.29, 0.717) is 27.2 Å². The lowest BCUT2D eigenvalue weighted by Gasteiger charge is -2.43. The molecule has 3 heterocycles. The van der Waals surface area contributed by atoms with Gasteiger partial charge in [-0.25, -0.2) is 0 Å². The molecule has 3 fully saturated rings. The van der Waals surface area contributed by atoms with Gasteiger partial charge in [-0.2, -0.15) is 0 Å². The number of imide groups is 1. The van der Waals surface area contributed by atoms with Gasteiger partial charge < -0.3 is 15.0 Å². The van der Waals surface area contributed by atoms with Crippen LogP contribution in [0.1, 0.15) is 22.8 Å². The van der Waals surface area contributed by atoms with E-state index in [9.17, 15) is 19.2 Å². The topological polar surface area (TPSA) is 109 Å². The molecule has 2 aliphatic heterocycles. The Kier molecular flexibility index (Phi) is 7.60. The summed E-state index contributed by atoms with van der Waals surface area (Å²) in [6.45, 7) is -0.255. The number of anilines is 2. The molecule has 13 heteroatoms. The zero-order chi connectivity index (χ0) is 31.9. The Balaban J connectivity index is 1.11. The smallest absolute Gasteiger partial charge is 0.305 e. The van der Waals surface area contributed by atoms with E-state index in [1.54, 1.807) is 42.1 Å². The minimum absolute atomic E-state index is 0.00777. The summed E-state index contributed by atoms with van der Waals surface area (Å²) in [5.41, 5.74) is 1.93. The molecule has 234 valence electrons. The van der Waals surface area contributed by atoms with Crippen molar-refractivity contribution in [2.75, 3.05) is 16.8 Å². The first-order valence-electron chi connectivity index (χ1n) is 14.7. The maximum Gasteiger partial charge on any atom is 0.305 e. The molecule has 4 aliphatic rings. The summed E-state index contributed by atoms with van der Waals surface area (Å²) in [6, 6.07) is 19.6. The van der Waals surface area contributed by atoms with Crippen molar-refractivity contribution in [1.82, 2.24) is 4.98 Å². The number of thioether (sulfide) groups is 1. The van der Waals surface area contributed by atoms with Crippen LogP contribution in [-0.4, -0.2) is 34.6 Å². The molecule has 2 saturated carbocycles. The maximum atomic E-state index is 14.0. The third kappa shape index (κ3) is 4.85. The fraction of sp³-hybridized carbons (Fsp3) is 0.273. The summed E-state index contributed by atoms with van der Waals surface area (Å²) in [5, 5.41) is 4.33. The van der Waals surface area contributed by atoms with Gasteiger partial charge in [-0.05, 0) is 72.7 Å². The number of thiazole rings is 1. The summed E-state index contributed by atoms with van der Waals surface area (Å²) in [7, 11) is 0. The predicted octanol–water partition coefficient (Wildman–Crippen LogP) is 7.20. The monoisotopic (exact) mass is 755 g/mol. The number of nitrogens with one attached hydrogen (secondary N) is 2. The van der Waals surface area contributed by atoms with Crippen LogP contribution in [-0.2, 0) is 14.4 Å². The summed E-state index contributed by atoms with van der Waals surface area (Å²) in [5.74, 6) is -1.26. The van der Waals surface area contributed by atoms with Crippen molar-refractivity contribution >= 4 is 91.3 Å². The highest BCUT2D eigenvalue weighted by molar-refractivity contribution is 9.10. The highest BCUT2D eigenvalue weighted by Gasteiger charge is 2.69. The van der Waals surface area contributed by atoms with Crippen molar-refractivity contribution < 1.29 is 19.1 Å². The van der Waals surface area contributed by atoms with Crippen LogP contribution in [0.25, 0.3) is 0 Å². The lowest BCUT2D eigenvalue weighted by Crippen LogP contribution is -2.42. The molecule has 2 aliphatic carbocycles. The number of benzene rings is 3. The van der Waals surface area contributed by atoms with Crippen LogP contribution < -0.4 is 19.8 Å². The molecular formula is C33H24BrCl2N3O5S2. The van der Waals surface area contributed by atoms with Gasteiger partial charge in [-0.15, -0.1) is 11.8 Å². The number of carbonyl (C=O) groups is 3. The van der Waals surface area contributed by atoms with Gasteiger partial charge in [0, 0.05) is 31.8 Å². The van der Waals surface area contributed by atoms with Crippen molar-refractivity contribution in [3.63, 3.8) is 0 Å². The van der Waals surface area contributed by atoms with E-state index in [0.717, 1.165) is 26.4 Å². The normalized spacial score (nSPS) is 27.4. The Morgan fingerprint density at radius 1 is 0.978 bits per heavy atom. The van der Waals surface area contributed by atoms with Gasteiger partial charge in [0.1, 0.15) is 5.75 Å². The molecule has 6 unspecified atom stereocenters. The zero-order valence-corrected chi connectivity index (χ0v) is 28.5. The highest BCUT2D eigenvalue weighted by Crippen LogP contribution is 2.69. The number of nitrogens with zero attached hydrogens (tertiary/aromatic N) is 1. The second-order valence-electron chi connectivity index (χ2n) is 12.0. The number of halogens is 3. The van der Waals surface area contributed by atoms with E-state index in [-0.39, 0.29) is 64.0 Å². The first kappa shape index (κ1) is 30.3. The van der Waals surface area contributed by atoms with Crippen LogP contribution in [0.4, 0.5) is 11.4 Å². The lowest BCUT2D eigenvalue weighted by molar-refractivity contribution is -0.123. The fourth-order valence-corrected chi connectivity index (χ4v) is 11.4. The first-order valence-corrected chi connectivity index (χ1v) is 17.9. The maximum absolute atomic E-state index is 14.0. The molecule has 8 rings (SSSR count). The quantitative estimate of drug-likeness (QED) is 0.202. The van der Waals surface area contributed by atoms with Gasteiger partial charge >= 0.3 is 4.87 Å². The molecule has 7 atom stereocenters. The fourth-order valence-electron chi connectivity index (χ4n) is 7.99. The number of aromatic amines is 1. The van der Waals surface area contributed by atoms with Crippen molar-refractivity contribution in [2.45, 2.75) is 22.6 Å². The van der Waals surface area contributed by atoms with Crippen LogP contribution in [0, 0.1) is 29.6 Å². The third-order valence-electron chi connectivity index (χ3n) is 9.62. The van der Waals surface area contributed by atoms with Gasteiger partial charge in [0.2, 0.25) is 11.8 Å². The highest BCUT2D eigenvalue weighted by atomic mass is 79.9. The largest absolute Gasteiger partial charge is 0.483 e. The van der Waals surface area contributed by atoms with Gasteiger partial charge in [0.05, 0.1) is 32.6 Å². The van der Waals surface area contributed by atoms with Crippen molar-refractivity contribution in [1.29, 1.82) is 0 Å². The van der Waals surface area contributed by atoms with Crippen molar-refractivity contribution in [2.24, 2.45) is 29.6 Å². The van der Waals surface area contributed by atoms with E-state index in [1.807, 2.05) is 36.4 Å². The standard InChI is InChI=1S/C33H24BrCl2N3O5S2/c34-14-5-8-16(9-6-14)39-31(41)26-18-12-19(27(26)32(39)42)28-25(18)24(29-30(45-28)38-33(43)46-29)17-3-1-2-4-22(17)44-13-23(40)37-15-7-10-20(35)21(36)11-15/h1-11,18-19,24-28H,12-13H2,(H,37,40)(H,38,43)/t18?,19?,24-,25?,26?,27?,28?/m1/s1. The van der Waals surface area contributed by atoms with Gasteiger partial charge in [0.25, 0.3) is 5.91 Å². The Hall–Kier alpha value is -3.09. The van der Waals surface area contributed by atoms with E-state index >= 15 is 0 Å². The summed E-state index contributed by atoms with van der Waals surface area (Å²) >= 11 is 18.3. The molecular weight excluding hydrogens is 733 g/mol. The molecule has 2 bridgehead atoms. The van der Waals surface area contributed by atoms with Crippen LogP contribution in [0.3, 0.4) is 0 Å². The molecule has 0 spiro atoms. The van der Waals surface area contributed by atoms with Crippen LogP contribution in [0.5, 0.6) is 5.75 Å². The van der Waals surface area contributed by atoms with Gasteiger partial charge in [0.15, 0.2) is 6.61 Å². The molecule has 0 radical (unpaired) electrons. The number of ether oxygens (including phenoxy) is 1. The molecule has 8 nitrogen and oxygen atoms in total. The van der Waals surface area contributed by atoms with E-state index < -0.39 is 5.92 Å². The number of para-hydroxylation sites is 1.